The summed E-state index contributed by atoms with van der Waals surface area (Å²) in [6.07, 6.45) is 2.62. The van der Waals surface area contributed by atoms with E-state index in [4.69, 9.17) is 0 Å². The van der Waals surface area contributed by atoms with E-state index in [1.165, 1.54) is 5.56 Å². The summed E-state index contributed by atoms with van der Waals surface area (Å²) < 4.78 is 0. The van der Waals surface area contributed by atoms with Crippen LogP contribution in [0.5, 0.6) is 0 Å². The van der Waals surface area contributed by atoms with Crippen molar-refractivity contribution in [2.45, 2.75) is 40.2 Å². The number of piperazine rings is 1. The quantitative estimate of drug-likeness (QED) is 0.865. The number of pyridine rings is 1. The first-order chi connectivity index (χ1) is 13.4. The Hall–Kier alpha value is -2.65. The topological polar surface area (TPSA) is 72.3 Å². The number of anilines is 1. The molecule has 0 radical (unpaired) electrons. The van der Waals surface area contributed by atoms with Crippen molar-refractivity contribution in [3.05, 3.63) is 35.0 Å². The van der Waals surface area contributed by atoms with Gasteiger partial charge in [0.15, 0.2) is 0 Å². The average Bonchev–Trinajstić information content (AvgIpc) is 2.67. The summed E-state index contributed by atoms with van der Waals surface area (Å²) >= 11 is 0. The molecular formula is C22H29N5O. The molecule has 0 saturated carbocycles. The van der Waals surface area contributed by atoms with Crippen molar-refractivity contribution in [2.75, 3.05) is 37.6 Å². The van der Waals surface area contributed by atoms with Gasteiger partial charge in [-0.3, -0.25) is 14.7 Å². The van der Waals surface area contributed by atoms with Gasteiger partial charge in [0.2, 0.25) is 5.91 Å². The van der Waals surface area contributed by atoms with Crippen molar-refractivity contribution >= 4 is 22.5 Å². The molecule has 0 spiro atoms. The average molecular weight is 380 g/mol. The molecule has 1 fully saturated rings. The van der Waals surface area contributed by atoms with E-state index in [0.29, 0.717) is 12.1 Å². The summed E-state index contributed by atoms with van der Waals surface area (Å²) in [5, 5.41) is 13.7. The molecule has 1 saturated heterocycles. The van der Waals surface area contributed by atoms with Crippen molar-refractivity contribution in [3.63, 3.8) is 0 Å². The molecule has 3 rings (SSSR count). The van der Waals surface area contributed by atoms with E-state index in [9.17, 15) is 10.1 Å². The molecule has 1 atom stereocenters. The van der Waals surface area contributed by atoms with E-state index in [2.05, 4.69) is 59.1 Å². The smallest absolute Gasteiger partial charge is 0.234 e. The van der Waals surface area contributed by atoms with Crippen molar-refractivity contribution in [3.8, 4) is 6.07 Å². The van der Waals surface area contributed by atoms with Crippen LogP contribution in [-0.2, 0) is 4.79 Å². The molecule has 0 aliphatic carbocycles. The maximum atomic E-state index is 12.2. The predicted molar refractivity (Wildman–Crippen MR) is 112 cm³/mol. The molecule has 1 aromatic heterocycles. The molecule has 148 valence electrons. The van der Waals surface area contributed by atoms with Crippen LogP contribution in [0.1, 0.15) is 37.0 Å². The zero-order valence-electron chi connectivity index (χ0n) is 17.2. The molecule has 1 amide bonds. The van der Waals surface area contributed by atoms with E-state index in [0.717, 1.165) is 54.8 Å². The molecule has 2 aromatic rings. The van der Waals surface area contributed by atoms with Gasteiger partial charge in [0.05, 0.1) is 23.3 Å². The van der Waals surface area contributed by atoms with Gasteiger partial charge in [0, 0.05) is 43.8 Å². The highest BCUT2D eigenvalue weighted by Crippen LogP contribution is 2.32. The highest BCUT2D eigenvalue weighted by Gasteiger charge is 2.23. The molecule has 1 unspecified atom stereocenters. The third kappa shape index (κ3) is 4.26. The minimum Gasteiger partial charge on any atom is -0.367 e. The van der Waals surface area contributed by atoms with Crippen LogP contribution in [0.15, 0.2) is 18.3 Å². The van der Waals surface area contributed by atoms with Crippen LogP contribution < -0.4 is 10.2 Å². The maximum Gasteiger partial charge on any atom is 0.234 e. The number of carbonyl (C=O) groups is 1. The van der Waals surface area contributed by atoms with Gasteiger partial charge in [-0.2, -0.15) is 5.26 Å². The summed E-state index contributed by atoms with van der Waals surface area (Å²) in [4.78, 5) is 21.1. The normalized spacial score (nSPS) is 16.0. The van der Waals surface area contributed by atoms with Crippen LogP contribution >= 0.6 is 0 Å². The SMILES string of the molecule is CCC(C)NC(=O)CN1CCN(c2c(C#N)cnc3c(C)cc(C)cc23)CC1. The molecule has 1 aromatic carbocycles. The molecule has 6 nitrogen and oxygen atoms in total. The largest absolute Gasteiger partial charge is 0.367 e. The lowest BCUT2D eigenvalue weighted by Crippen LogP contribution is -2.50. The van der Waals surface area contributed by atoms with Crippen LogP contribution in [0.25, 0.3) is 10.9 Å². The van der Waals surface area contributed by atoms with Gasteiger partial charge in [-0.25, -0.2) is 0 Å². The van der Waals surface area contributed by atoms with E-state index >= 15 is 0 Å². The lowest BCUT2D eigenvalue weighted by Gasteiger charge is -2.36. The number of fused-ring (bicyclic) bond motifs is 1. The third-order valence-corrected chi connectivity index (χ3v) is 5.47. The molecule has 1 aliphatic rings. The second kappa shape index (κ2) is 8.57. The number of nitrogens with zero attached hydrogens (tertiary/aromatic N) is 4. The summed E-state index contributed by atoms with van der Waals surface area (Å²) in [7, 11) is 0. The number of nitriles is 1. The zero-order chi connectivity index (χ0) is 20.3. The van der Waals surface area contributed by atoms with E-state index in [1.54, 1.807) is 6.20 Å². The Balaban J connectivity index is 1.78. The maximum absolute atomic E-state index is 12.2. The fourth-order valence-electron chi connectivity index (χ4n) is 3.82. The van der Waals surface area contributed by atoms with Gasteiger partial charge in [-0.15, -0.1) is 0 Å². The Bertz CT molecular complexity index is 909. The Labute approximate surface area is 167 Å². The van der Waals surface area contributed by atoms with Gasteiger partial charge >= 0.3 is 0 Å². The van der Waals surface area contributed by atoms with Crippen molar-refractivity contribution in [2.24, 2.45) is 0 Å². The van der Waals surface area contributed by atoms with Crippen molar-refractivity contribution in [1.82, 2.24) is 15.2 Å². The first-order valence-electron chi connectivity index (χ1n) is 9.99. The number of aromatic nitrogens is 1. The van der Waals surface area contributed by atoms with Gasteiger partial charge in [0.25, 0.3) is 0 Å². The standard InChI is InChI=1S/C22H29N5O/c1-5-17(4)25-20(28)14-26-6-8-27(9-7-26)22-18(12-23)13-24-21-16(3)10-15(2)11-19(21)22/h10-11,13,17H,5-9,14H2,1-4H3,(H,25,28). The minimum absolute atomic E-state index is 0.0844. The molecule has 1 N–H and O–H groups in total. The minimum atomic E-state index is 0.0844. The van der Waals surface area contributed by atoms with Crippen LogP contribution in [0.3, 0.4) is 0 Å². The molecule has 0 bridgehead atoms. The Morgan fingerprint density at radius 2 is 2.00 bits per heavy atom. The summed E-state index contributed by atoms with van der Waals surface area (Å²) in [6, 6.07) is 6.77. The lowest BCUT2D eigenvalue weighted by atomic mass is 10.0. The highest BCUT2D eigenvalue weighted by molar-refractivity contribution is 5.96. The van der Waals surface area contributed by atoms with Crippen molar-refractivity contribution in [1.29, 1.82) is 5.26 Å². The monoisotopic (exact) mass is 379 g/mol. The van der Waals surface area contributed by atoms with E-state index < -0.39 is 0 Å². The predicted octanol–water partition coefficient (Wildman–Crippen LogP) is 2.76. The molecule has 1 aliphatic heterocycles. The fraction of sp³-hybridized carbons (Fsp3) is 0.500. The van der Waals surface area contributed by atoms with Gasteiger partial charge < -0.3 is 10.2 Å². The van der Waals surface area contributed by atoms with Crippen molar-refractivity contribution < 1.29 is 4.79 Å². The van der Waals surface area contributed by atoms with Crippen LogP contribution in [0, 0.1) is 25.2 Å². The summed E-state index contributed by atoms with van der Waals surface area (Å²) in [5.74, 6) is 0.0844. The number of hydrogen-bond acceptors (Lipinski definition) is 5. The summed E-state index contributed by atoms with van der Waals surface area (Å²) in [6.45, 7) is 11.8. The molecule has 6 heteroatoms. The van der Waals surface area contributed by atoms with Crippen LogP contribution in [-0.4, -0.2) is 54.6 Å². The first-order valence-corrected chi connectivity index (χ1v) is 9.99. The number of nitrogens with one attached hydrogen (secondary N) is 1. The second-order valence-electron chi connectivity index (χ2n) is 7.75. The number of rotatable bonds is 5. The Morgan fingerprint density at radius 3 is 2.64 bits per heavy atom. The zero-order valence-corrected chi connectivity index (χ0v) is 17.2. The van der Waals surface area contributed by atoms with E-state index in [1.807, 2.05) is 6.92 Å². The number of aryl methyl sites for hydroxylation is 2. The molecule has 2 heterocycles. The lowest BCUT2D eigenvalue weighted by molar-refractivity contribution is -0.122. The number of benzene rings is 1. The number of carbonyl (C=O) groups excluding carboxylic acids is 1. The van der Waals surface area contributed by atoms with E-state index in [-0.39, 0.29) is 11.9 Å². The van der Waals surface area contributed by atoms with Gasteiger partial charge in [-0.1, -0.05) is 18.6 Å². The Morgan fingerprint density at radius 1 is 1.29 bits per heavy atom. The van der Waals surface area contributed by atoms with Crippen LogP contribution in [0.4, 0.5) is 5.69 Å². The van der Waals surface area contributed by atoms with Crippen LogP contribution in [0.2, 0.25) is 0 Å². The Kier molecular flexibility index (Phi) is 6.15. The fourth-order valence-corrected chi connectivity index (χ4v) is 3.82. The van der Waals surface area contributed by atoms with Gasteiger partial charge in [-0.05, 0) is 38.8 Å². The number of amides is 1. The molecule has 28 heavy (non-hydrogen) atoms. The van der Waals surface area contributed by atoms with Gasteiger partial charge in [0.1, 0.15) is 6.07 Å². The molecular weight excluding hydrogens is 350 g/mol. The second-order valence-corrected chi connectivity index (χ2v) is 7.75. The summed E-state index contributed by atoms with van der Waals surface area (Å²) in [5.41, 5.74) is 4.84. The third-order valence-electron chi connectivity index (χ3n) is 5.47. The highest BCUT2D eigenvalue weighted by atomic mass is 16.2. The first kappa shape index (κ1) is 20.1. The number of hydrogen-bond donors (Lipinski definition) is 1.